The highest BCUT2D eigenvalue weighted by Gasteiger charge is 2.20. The second-order valence-corrected chi connectivity index (χ2v) is 7.00. The number of fused-ring (bicyclic) bond motifs is 1. The molecule has 1 aromatic heterocycles. The number of rotatable bonds is 6. The Morgan fingerprint density at radius 2 is 1.60 bits per heavy atom. The first-order valence-electron chi connectivity index (χ1n) is 9.79. The summed E-state index contributed by atoms with van der Waals surface area (Å²) in [5, 5.41) is 12.0. The average molecular weight is 402 g/mol. The van der Waals surface area contributed by atoms with Gasteiger partial charge < -0.3 is 9.94 Å². The van der Waals surface area contributed by atoms with Crippen molar-refractivity contribution in [1.29, 1.82) is 0 Å². The fraction of sp³-hybridized carbons (Fsp3) is 0.167. The molecule has 0 fully saturated rings. The van der Waals surface area contributed by atoms with Crippen LogP contribution in [0, 0.1) is 0 Å². The Morgan fingerprint density at radius 1 is 0.900 bits per heavy atom. The van der Waals surface area contributed by atoms with Gasteiger partial charge in [0.1, 0.15) is 6.73 Å². The van der Waals surface area contributed by atoms with Gasteiger partial charge in [0, 0.05) is 11.1 Å². The summed E-state index contributed by atoms with van der Waals surface area (Å²) in [6.07, 6.45) is 0.358. The molecule has 1 heterocycles. The van der Waals surface area contributed by atoms with Crippen molar-refractivity contribution in [2.75, 3.05) is 0 Å². The average Bonchev–Trinajstić information content (AvgIpc) is 2.79. The number of nitrogens with zero attached hydrogens (tertiary/aromatic N) is 2. The highest BCUT2D eigenvalue weighted by Crippen LogP contribution is 2.29. The van der Waals surface area contributed by atoms with E-state index in [1.807, 2.05) is 79.7 Å². The van der Waals surface area contributed by atoms with Gasteiger partial charge in [0.25, 0.3) is 5.56 Å². The SMILES string of the molecule is CCc1c(-c2cccc3ccccc23)n(COCc2ccccc2)c(=O)n(O)c1=O. The third kappa shape index (κ3) is 3.53. The number of aromatic nitrogens is 2. The number of benzene rings is 3. The summed E-state index contributed by atoms with van der Waals surface area (Å²) in [5.74, 6) is 0. The maximum absolute atomic E-state index is 12.8. The van der Waals surface area contributed by atoms with Gasteiger partial charge in [-0.05, 0) is 22.8 Å². The number of hydrogen-bond donors (Lipinski definition) is 1. The summed E-state index contributed by atoms with van der Waals surface area (Å²) >= 11 is 0. The van der Waals surface area contributed by atoms with Crippen molar-refractivity contribution in [3.8, 4) is 11.3 Å². The molecule has 0 aliphatic heterocycles. The third-order valence-corrected chi connectivity index (χ3v) is 5.15. The molecule has 4 rings (SSSR count). The van der Waals surface area contributed by atoms with Crippen LogP contribution in [0.5, 0.6) is 0 Å². The second-order valence-electron chi connectivity index (χ2n) is 7.00. The molecule has 0 aliphatic carbocycles. The molecule has 0 spiro atoms. The summed E-state index contributed by atoms with van der Waals surface area (Å²) < 4.78 is 7.28. The molecule has 0 amide bonds. The van der Waals surface area contributed by atoms with Crippen molar-refractivity contribution in [2.45, 2.75) is 26.7 Å². The molecule has 1 N–H and O–H groups in total. The fourth-order valence-electron chi connectivity index (χ4n) is 3.70. The Bertz CT molecular complexity index is 1300. The van der Waals surface area contributed by atoms with Crippen molar-refractivity contribution < 1.29 is 9.94 Å². The number of ether oxygens (including phenoxy) is 1. The Labute approximate surface area is 173 Å². The van der Waals surface area contributed by atoms with Crippen LogP contribution in [0.2, 0.25) is 0 Å². The van der Waals surface area contributed by atoms with Crippen LogP contribution in [0.25, 0.3) is 22.0 Å². The van der Waals surface area contributed by atoms with Crippen LogP contribution in [-0.4, -0.2) is 14.5 Å². The van der Waals surface area contributed by atoms with Gasteiger partial charge in [0.2, 0.25) is 0 Å². The van der Waals surface area contributed by atoms with Crippen LogP contribution >= 0.6 is 0 Å². The van der Waals surface area contributed by atoms with Gasteiger partial charge in [-0.2, -0.15) is 0 Å². The molecule has 0 saturated heterocycles. The highest BCUT2D eigenvalue weighted by atomic mass is 16.5. The lowest BCUT2D eigenvalue weighted by molar-refractivity contribution is 0.0532. The molecule has 4 aromatic rings. The van der Waals surface area contributed by atoms with E-state index >= 15 is 0 Å². The zero-order valence-electron chi connectivity index (χ0n) is 16.6. The Kier molecular flexibility index (Phi) is 5.50. The minimum atomic E-state index is -0.826. The summed E-state index contributed by atoms with van der Waals surface area (Å²) in [6, 6.07) is 23.1. The van der Waals surface area contributed by atoms with Crippen molar-refractivity contribution in [3.63, 3.8) is 0 Å². The standard InChI is InChI=1S/C24H22N2O4/c1-2-19-22(21-14-8-12-18-11-6-7-13-20(18)21)25(24(28)26(29)23(19)27)16-30-15-17-9-4-3-5-10-17/h3-14,29H,2,15-16H2,1H3. The lowest BCUT2D eigenvalue weighted by atomic mass is 9.98. The smallest absolute Gasteiger partial charge is 0.366 e. The first-order chi connectivity index (χ1) is 14.6. The van der Waals surface area contributed by atoms with E-state index in [0.717, 1.165) is 21.9 Å². The summed E-state index contributed by atoms with van der Waals surface area (Å²) in [5.41, 5.74) is 1.02. The first kappa shape index (κ1) is 19.7. The molecular weight excluding hydrogens is 380 g/mol. The lowest BCUT2D eigenvalue weighted by Gasteiger charge is -2.18. The summed E-state index contributed by atoms with van der Waals surface area (Å²) in [7, 11) is 0. The zero-order valence-corrected chi connectivity index (χ0v) is 16.6. The molecule has 3 aromatic carbocycles. The van der Waals surface area contributed by atoms with E-state index in [-0.39, 0.29) is 11.5 Å². The summed E-state index contributed by atoms with van der Waals surface area (Å²) in [6.45, 7) is 2.03. The van der Waals surface area contributed by atoms with Crippen LogP contribution in [0.15, 0.2) is 82.4 Å². The monoisotopic (exact) mass is 402 g/mol. The molecule has 30 heavy (non-hydrogen) atoms. The zero-order chi connectivity index (χ0) is 21.1. The van der Waals surface area contributed by atoms with Crippen molar-refractivity contribution >= 4 is 10.8 Å². The van der Waals surface area contributed by atoms with Crippen LogP contribution in [0.4, 0.5) is 0 Å². The van der Waals surface area contributed by atoms with Crippen molar-refractivity contribution in [2.24, 2.45) is 0 Å². The Hall–Kier alpha value is -3.64. The van der Waals surface area contributed by atoms with Crippen LogP contribution in [0.1, 0.15) is 18.1 Å². The van der Waals surface area contributed by atoms with E-state index in [4.69, 9.17) is 4.74 Å². The van der Waals surface area contributed by atoms with E-state index < -0.39 is 11.2 Å². The molecule has 6 nitrogen and oxygen atoms in total. The third-order valence-electron chi connectivity index (χ3n) is 5.15. The molecule has 0 saturated carbocycles. The lowest BCUT2D eigenvalue weighted by Crippen LogP contribution is -2.42. The van der Waals surface area contributed by atoms with Crippen LogP contribution in [0.3, 0.4) is 0 Å². The first-order valence-corrected chi connectivity index (χ1v) is 9.79. The highest BCUT2D eigenvalue weighted by molar-refractivity contribution is 5.96. The van der Waals surface area contributed by atoms with E-state index in [1.165, 1.54) is 4.57 Å². The van der Waals surface area contributed by atoms with Gasteiger partial charge in [-0.3, -0.25) is 9.36 Å². The number of hydrogen-bond acceptors (Lipinski definition) is 4. The van der Waals surface area contributed by atoms with Gasteiger partial charge in [-0.25, -0.2) is 4.79 Å². The predicted molar refractivity (Wildman–Crippen MR) is 116 cm³/mol. The van der Waals surface area contributed by atoms with E-state index in [1.54, 1.807) is 0 Å². The Balaban J connectivity index is 1.88. The Morgan fingerprint density at radius 3 is 2.37 bits per heavy atom. The molecule has 152 valence electrons. The predicted octanol–water partition coefficient (Wildman–Crippen LogP) is 3.80. The van der Waals surface area contributed by atoms with Gasteiger partial charge in [-0.15, -0.1) is 0 Å². The molecular formula is C24H22N2O4. The minimum absolute atomic E-state index is 0.0971. The minimum Gasteiger partial charge on any atom is -0.421 e. The molecule has 0 unspecified atom stereocenters. The summed E-state index contributed by atoms with van der Waals surface area (Å²) in [4.78, 5) is 25.5. The maximum Gasteiger partial charge on any atom is 0.366 e. The maximum atomic E-state index is 12.8. The van der Waals surface area contributed by atoms with Gasteiger partial charge in [0.05, 0.1) is 12.3 Å². The normalized spacial score (nSPS) is 11.1. The van der Waals surface area contributed by atoms with Crippen LogP contribution in [-0.2, 0) is 24.5 Å². The largest absolute Gasteiger partial charge is 0.421 e. The van der Waals surface area contributed by atoms with Gasteiger partial charge >= 0.3 is 5.69 Å². The molecule has 0 atom stereocenters. The van der Waals surface area contributed by atoms with E-state index in [9.17, 15) is 14.8 Å². The van der Waals surface area contributed by atoms with Crippen molar-refractivity contribution in [1.82, 2.24) is 9.30 Å². The van der Waals surface area contributed by atoms with Gasteiger partial charge in [-0.1, -0.05) is 84.5 Å². The van der Waals surface area contributed by atoms with E-state index in [0.29, 0.717) is 24.3 Å². The fourth-order valence-corrected chi connectivity index (χ4v) is 3.70. The van der Waals surface area contributed by atoms with E-state index in [2.05, 4.69) is 0 Å². The van der Waals surface area contributed by atoms with Gasteiger partial charge in [0.15, 0.2) is 0 Å². The van der Waals surface area contributed by atoms with Crippen LogP contribution < -0.4 is 11.2 Å². The quantitative estimate of drug-likeness (QED) is 0.498. The molecule has 0 radical (unpaired) electrons. The molecule has 0 aliphatic rings. The molecule has 0 bridgehead atoms. The van der Waals surface area contributed by atoms with Crippen molar-refractivity contribution in [3.05, 3.63) is 105 Å². The molecule has 6 heteroatoms. The second kappa shape index (κ2) is 8.39. The topological polar surface area (TPSA) is 73.5 Å².